The summed E-state index contributed by atoms with van der Waals surface area (Å²) in [6.07, 6.45) is -4.53. The number of rotatable bonds is 5. The Morgan fingerprint density at radius 1 is 1.43 bits per heavy atom. The lowest BCUT2D eigenvalue weighted by molar-refractivity contribution is -0.174. The Morgan fingerprint density at radius 2 is 2.10 bits per heavy atom. The summed E-state index contributed by atoms with van der Waals surface area (Å²) in [5.41, 5.74) is 5.00. The third kappa shape index (κ3) is 5.65. The second-order valence-electron chi connectivity index (χ2n) is 3.84. The van der Waals surface area contributed by atoms with Gasteiger partial charge in [0, 0.05) is 5.69 Å². The summed E-state index contributed by atoms with van der Waals surface area (Å²) in [6, 6.07) is 3.16. The van der Waals surface area contributed by atoms with Crippen LogP contribution in [-0.4, -0.2) is 36.3 Å². The average molecular weight is 309 g/mol. The number of ether oxygens (including phenoxy) is 1. The van der Waals surface area contributed by atoms with Crippen LogP contribution in [0, 0.1) is 5.82 Å². The van der Waals surface area contributed by atoms with Gasteiger partial charge in [-0.1, -0.05) is 5.16 Å². The molecule has 1 amide bonds. The highest BCUT2D eigenvalue weighted by atomic mass is 19.4. The van der Waals surface area contributed by atoms with Gasteiger partial charge in [0.15, 0.2) is 5.84 Å². The van der Waals surface area contributed by atoms with Gasteiger partial charge < -0.3 is 21.0 Å². The zero-order valence-corrected chi connectivity index (χ0v) is 10.4. The zero-order valence-electron chi connectivity index (χ0n) is 10.4. The molecule has 0 atom stereocenters. The van der Waals surface area contributed by atoms with E-state index in [9.17, 15) is 22.4 Å². The van der Waals surface area contributed by atoms with Gasteiger partial charge in [0.05, 0.1) is 5.56 Å². The number of hydrogen-bond acceptors (Lipinski definition) is 4. The maximum Gasteiger partial charge on any atom is 0.411 e. The largest absolute Gasteiger partial charge is 0.411 e. The molecule has 0 bridgehead atoms. The van der Waals surface area contributed by atoms with E-state index in [4.69, 9.17) is 10.9 Å². The molecule has 0 aromatic heterocycles. The highest BCUT2D eigenvalue weighted by Crippen LogP contribution is 2.16. The molecule has 4 N–H and O–H groups in total. The number of nitrogens with two attached hydrogens (primary N) is 1. The summed E-state index contributed by atoms with van der Waals surface area (Å²) in [6.45, 7) is -2.38. The summed E-state index contributed by atoms with van der Waals surface area (Å²) in [7, 11) is 0. The number of amidine groups is 1. The molecule has 0 radical (unpaired) electrons. The van der Waals surface area contributed by atoms with Crippen LogP contribution in [0.25, 0.3) is 0 Å². The molecule has 0 aliphatic carbocycles. The molecular weight excluding hydrogens is 298 g/mol. The van der Waals surface area contributed by atoms with E-state index < -0.39 is 37.0 Å². The van der Waals surface area contributed by atoms with Gasteiger partial charge in [0.25, 0.3) is 0 Å². The van der Waals surface area contributed by atoms with Crippen LogP contribution < -0.4 is 11.1 Å². The number of anilines is 1. The Kier molecular flexibility index (Phi) is 5.47. The van der Waals surface area contributed by atoms with E-state index in [1.807, 2.05) is 0 Å². The van der Waals surface area contributed by atoms with Crippen molar-refractivity contribution >= 4 is 17.4 Å². The molecule has 1 aromatic rings. The highest BCUT2D eigenvalue weighted by Gasteiger charge is 2.27. The molecule has 6 nitrogen and oxygen atoms in total. The molecule has 1 aromatic carbocycles. The van der Waals surface area contributed by atoms with E-state index >= 15 is 0 Å². The second kappa shape index (κ2) is 6.88. The minimum Gasteiger partial charge on any atom is -0.409 e. The van der Waals surface area contributed by atoms with Crippen molar-refractivity contribution in [1.82, 2.24) is 0 Å². The summed E-state index contributed by atoms with van der Waals surface area (Å²) in [5, 5.41) is 13.3. The molecule has 0 heterocycles. The molecule has 0 saturated carbocycles. The number of carbonyl (C=O) groups is 1. The third-order valence-corrected chi connectivity index (χ3v) is 2.13. The molecular formula is C11H11F4N3O3. The van der Waals surface area contributed by atoms with E-state index in [1.165, 1.54) is 0 Å². The van der Waals surface area contributed by atoms with Crippen LogP contribution in [0.15, 0.2) is 23.4 Å². The Morgan fingerprint density at radius 3 is 2.67 bits per heavy atom. The lowest BCUT2D eigenvalue weighted by Gasteiger charge is -2.09. The lowest BCUT2D eigenvalue weighted by Crippen LogP contribution is -2.24. The monoisotopic (exact) mass is 309 g/mol. The molecule has 0 unspecified atom stereocenters. The normalized spacial score (nSPS) is 12.3. The summed E-state index contributed by atoms with van der Waals surface area (Å²) in [5.74, 6) is -2.18. The van der Waals surface area contributed by atoms with Crippen molar-refractivity contribution in [3.8, 4) is 0 Å². The number of carbonyl (C=O) groups excluding carboxylic acids is 1. The van der Waals surface area contributed by atoms with Crippen molar-refractivity contribution in [3.63, 3.8) is 0 Å². The molecule has 21 heavy (non-hydrogen) atoms. The quantitative estimate of drug-likeness (QED) is 0.252. The third-order valence-electron chi connectivity index (χ3n) is 2.13. The minimum atomic E-state index is -4.53. The van der Waals surface area contributed by atoms with Crippen LogP contribution >= 0.6 is 0 Å². The minimum absolute atomic E-state index is 0.0543. The number of nitrogens with zero attached hydrogens (tertiary/aromatic N) is 1. The predicted molar refractivity (Wildman–Crippen MR) is 64.4 cm³/mol. The highest BCUT2D eigenvalue weighted by molar-refractivity contribution is 5.99. The van der Waals surface area contributed by atoms with E-state index in [0.29, 0.717) is 0 Å². The van der Waals surface area contributed by atoms with Crippen LogP contribution in [0.1, 0.15) is 5.56 Å². The fourth-order valence-corrected chi connectivity index (χ4v) is 1.31. The zero-order chi connectivity index (χ0) is 16.0. The van der Waals surface area contributed by atoms with Crippen molar-refractivity contribution in [3.05, 3.63) is 29.6 Å². The van der Waals surface area contributed by atoms with Crippen LogP contribution in [0.2, 0.25) is 0 Å². The second-order valence-corrected chi connectivity index (χ2v) is 3.84. The number of amides is 1. The van der Waals surface area contributed by atoms with Crippen molar-refractivity contribution in [1.29, 1.82) is 0 Å². The molecule has 10 heteroatoms. The first-order chi connectivity index (χ1) is 9.73. The van der Waals surface area contributed by atoms with E-state index in [0.717, 1.165) is 18.2 Å². The van der Waals surface area contributed by atoms with Gasteiger partial charge in [-0.15, -0.1) is 0 Å². The Labute approximate surface area is 116 Å². The topological polar surface area (TPSA) is 96.9 Å². The van der Waals surface area contributed by atoms with Crippen molar-refractivity contribution in [2.45, 2.75) is 6.18 Å². The van der Waals surface area contributed by atoms with Crippen LogP contribution in [0.5, 0.6) is 0 Å². The van der Waals surface area contributed by atoms with Crippen molar-refractivity contribution in [2.24, 2.45) is 10.9 Å². The maximum absolute atomic E-state index is 13.3. The number of benzene rings is 1. The lowest BCUT2D eigenvalue weighted by atomic mass is 10.1. The van der Waals surface area contributed by atoms with Gasteiger partial charge in [-0.05, 0) is 18.2 Å². The number of nitrogens with one attached hydrogen (secondary N) is 1. The standard InChI is InChI=1S/C11H11F4N3O3/c12-8-2-1-6(3-7(8)10(16)18-20)17-9(19)4-21-5-11(13,14)15/h1-3,20H,4-5H2,(H2,16,18)(H,17,19). The van der Waals surface area contributed by atoms with Crippen LogP contribution in [0.4, 0.5) is 23.2 Å². The van der Waals surface area contributed by atoms with Crippen molar-refractivity contribution in [2.75, 3.05) is 18.5 Å². The van der Waals surface area contributed by atoms with Crippen LogP contribution in [-0.2, 0) is 9.53 Å². The maximum atomic E-state index is 13.3. The smallest absolute Gasteiger partial charge is 0.409 e. The first kappa shape index (κ1) is 16.7. The SMILES string of the molecule is N/C(=N/O)c1cc(NC(=O)COCC(F)(F)F)ccc1F. The first-order valence-corrected chi connectivity index (χ1v) is 5.44. The van der Waals surface area contributed by atoms with Gasteiger partial charge in [-0.2, -0.15) is 13.2 Å². The fourth-order valence-electron chi connectivity index (χ4n) is 1.31. The Balaban J connectivity index is 2.65. The number of hydrogen-bond donors (Lipinski definition) is 3. The first-order valence-electron chi connectivity index (χ1n) is 5.44. The number of halogens is 4. The number of oxime groups is 1. The van der Waals surface area contributed by atoms with E-state index in [1.54, 1.807) is 0 Å². The Bertz CT molecular complexity index is 546. The van der Waals surface area contributed by atoms with E-state index in [2.05, 4.69) is 15.2 Å². The van der Waals surface area contributed by atoms with E-state index in [-0.39, 0.29) is 11.3 Å². The molecule has 116 valence electrons. The summed E-state index contributed by atoms with van der Waals surface area (Å²) >= 11 is 0. The molecule has 0 aliphatic rings. The molecule has 0 fully saturated rings. The number of alkyl halides is 3. The van der Waals surface area contributed by atoms with Crippen molar-refractivity contribution < 1.29 is 32.3 Å². The summed E-state index contributed by atoms with van der Waals surface area (Å²) in [4.78, 5) is 11.3. The molecule has 0 aliphatic heterocycles. The predicted octanol–water partition coefficient (Wildman–Crippen LogP) is 1.44. The Hall–Kier alpha value is -2.36. The molecule has 1 rings (SSSR count). The fraction of sp³-hybridized carbons (Fsp3) is 0.273. The summed E-state index contributed by atoms with van der Waals surface area (Å²) < 4.78 is 52.9. The van der Waals surface area contributed by atoms with Gasteiger partial charge in [-0.3, -0.25) is 4.79 Å². The molecule has 0 spiro atoms. The van der Waals surface area contributed by atoms with Gasteiger partial charge in [0.1, 0.15) is 19.0 Å². The van der Waals surface area contributed by atoms with Gasteiger partial charge >= 0.3 is 6.18 Å². The van der Waals surface area contributed by atoms with Gasteiger partial charge in [-0.25, -0.2) is 4.39 Å². The van der Waals surface area contributed by atoms with Crippen LogP contribution in [0.3, 0.4) is 0 Å². The van der Waals surface area contributed by atoms with Gasteiger partial charge in [0.2, 0.25) is 5.91 Å². The molecule has 0 saturated heterocycles. The average Bonchev–Trinajstić information content (AvgIpc) is 2.38.